The van der Waals surface area contributed by atoms with Crippen LogP contribution in [-0.2, 0) is 14.6 Å². The number of carbonyl (C=O) groups is 1. The predicted molar refractivity (Wildman–Crippen MR) is 122 cm³/mol. The first kappa shape index (κ1) is 23.5. The van der Waals surface area contributed by atoms with Gasteiger partial charge in [0.2, 0.25) is 15.0 Å². The Hall–Kier alpha value is -3.20. The van der Waals surface area contributed by atoms with Crippen molar-refractivity contribution in [2.24, 2.45) is 0 Å². The van der Waals surface area contributed by atoms with Gasteiger partial charge in [-0.25, -0.2) is 8.42 Å². The highest BCUT2D eigenvalue weighted by Gasteiger charge is 2.19. The zero-order chi connectivity index (χ0) is 23.6. The van der Waals surface area contributed by atoms with Crippen molar-refractivity contribution in [3.63, 3.8) is 0 Å². The molecule has 0 bridgehead atoms. The van der Waals surface area contributed by atoms with Gasteiger partial charge in [-0.2, -0.15) is 14.6 Å². The van der Waals surface area contributed by atoms with Gasteiger partial charge in [0.25, 0.3) is 11.1 Å². The minimum atomic E-state index is -3.60. The third-order valence-electron chi connectivity index (χ3n) is 4.48. The van der Waals surface area contributed by atoms with Crippen molar-refractivity contribution in [3.05, 3.63) is 51.8 Å². The molecule has 0 radical (unpaired) electrons. The molecule has 2 aromatic heterocycles. The second-order valence-electron chi connectivity index (χ2n) is 6.76. The summed E-state index contributed by atoms with van der Waals surface area (Å²) in [6.07, 6.45) is 2.41. The summed E-state index contributed by atoms with van der Waals surface area (Å²) in [6.45, 7) is 3.72. The Morgan fingerprint density at radius 1 is 1.34 bits per heavy atom. The number of rotatable bonds is 6. The molecule has 3 aromatic rings. The van der Waals surface area contributed by atoms with Gasteiger partial charge in [0.05, 0.1) is 12.8 Å². The average Bonchev–Trinajstić information content (AvgIpc) is 3.30. The van der Waals surface area contributed by atoms with Gasteiger partial charge in [-0.1, -0.05) is 11.6 Å². The molecule has 2 heterocycles. The molecule has 1 N–H and O–H groups in total. The molecule has 0 saturated heterocycles. The number of nitrogens with one attached hydrogen (secondary N) is 1. The van der Waals surface area contributed by atoms with Crippen LogP contribution in [0.1, 0.15) is 17.0 Å². The first-order valence-corrected chi connectivity index (χ1v) is 12.1. The number of nitrogens with zero attached hydrogens (tertiary/aromatic N) is 4. The molecule has 32 heavy (non-hydrogen) atoms. The van der Waals surface area contributed by atoms with E-state index in [9.17, 15) is 18.5 Å². The molecule has 0 aliphatic carbocycles. The van der Waals surface area contributed by atoms with E-state index in [1.54, 1.807) is 25.3 Å². The Labute approximate surface area is 194 Å². The largest absolute Gasteiger partial charge is 0.495 e. The van der Waals surface area contributed by atoms with E-state index in [1.807, 2.05) is 30.6 Å². The van der Waals surface area contributed by atoms with Gasteiger partial charge in [-0.3, -0.25) is 10.1 Å². The number of amides is 1. The lowest BCUT2D eigenvalue weighted by atomic mass is 10.1. The Morgan fingerprint density at radius 2 is 2.06 bits per heavy atom. The molecule has 0 atom stereocenters. The summed E-state index contributed by atoms with van der Waals surface area (Å²) >= 11 is 6.88. The SMILES string of the molecule is COc1ccc(Cl)cc1-n1c(C)cc(C=C(C#N)C(=O)Nc2nc(S(C)(=O)=O)ns2)c1C. The molecular weight excluding hydrogens is 474 g/mol. The summed E-state index contributed by atoms with van der Waals surface area (Å²) in [4.78, 5) is 16.3. The van der Waals surface area contributed by atoms with Gasteiger partial charge < -0.3 is 9.30 Å². The first-order valence-electron chi connectivity index (χ1n) is 9.05. The maximum Gasteiger partial charge on any atom is 0.268 e. The quantitative estimate of drug-likeness (QED) is 0.412. The lowest BCUT2D eigenvalue weighted by Gasteiger charge is -2.14. The van der Waals surface area contributed by atoms with Crippen LogP contribution < -0.4 is 10.1 Å². The molecule has 0 aliphatic rings. The lowest BCUT2D eigenvalue weighted by molar-refractivity contribution is -0.112. The molecule has 12 heteroatoms. The normalized spacial score (nSPS) is 11.8. The van der Waals surface area contributed by atoms with Crippen LogP contribution >= 0.6 is 23.1 Å². The van der Waals surface area contributed by atoms with Crippen LogP contribution in [0.2, 0.25) is 5.02 Å². The number of nitriles is 1. The predicted octanol–water partition coefficient (Wildman–Crippen LogP) is 3.56. The Bertz CT molecular complexity index is 1380. The van der Waals surface area contributed by atoms with Crippen molar-refractivity contribution in [1.82, 2.24) is 13.9 Å². The summed E-state index contributed by atoms with van der Waals surface area (Å²) in [7, 11) is -2.04. The van der Waals surface area contributed by atoms with E-state index in [0.717, 1.165) is 23.3 Å². The van der Waals surface area contributed by atoms with Crippen LogP contribution in [-0.4, -0.2) is 41.6 Å². The molecule has 0 spiro atoms. The molecule has 1 aromatic carbocycles. The number of carbonyl (C=O) groups excluding carboxylic acids is 1. The summed E-state index contributed by atoms with van der Waals surface area (Å²) < 4.78 is 34.1. The smallest absolute Gasteiger partial charge is 0.268 e. The number of hydrogen-bond donors (Lipinski definition) is 1. The van der Waals surface area contributed by atoms with Crippen LogP contribution in [0.25, 0.3) is 11.8 Å². The van der Waals surface area contributed by atoms with E-state index >= 15 is 0 Å². The van der Waals surface area contributed by atoms with Crippen molar-refractivity contribution in [2.75, 3.05) is 18.7 Å². The molecule has 0 saturated carbocycles. The summed E-state index contributed by atoms with van der Waals surface area (Å²) in [5.74, 6) is -0.114. The molecule has 0 unspecified atom stereocenters. The Morgan fingerprint density at radius 3 is 2.66 bits per heavy atom. The minimum Gasteiger partial charge on any atom is -0.495 e. The second kappa shape index (κ2) is 9.12. The van der Waals surface area contributed by atoms with E-state index in [2.05, 4.69) is 14.7 Å². The maximum absolute atomic E-state index is 12.6. The van der Waals surface area contributed by atoms with Crippen molar-refractivity contribution in [1.29, 1.82) is 5.26 Å². The van der Waals surface area contributed by atoms with Crippen LogP contribution in [0.5, 0.6) is 5.75 Å². The molecule has 9 nitrogen and oxygen atoms in total. The highest BCUT2D eigenvalue weighted by Crippen LogP contribution is 2.31. The van der Waals surface area contributed by atoms with Gasteiger partial charge >= 0.3 is 0 Å². The summed E-state index contributed by atoms with van der Waals surface area (Å²) in [5, 5.41) is 12.1. The first-order chi connectivity index (χ1) is 15.0. The number of sulfone groups is 1. The van der Waals surface area contributed by atoms with E-state index < -0.39 is 15.7 Å². The monoisotopic (exact) mass is 491 g/mol. The molecule has 1 amide bonds. The average molecular weight is 492 g/mol. The number of hydrogen-bond acceptors (Lipinski definition) is 8. The molecule has 3 rings (SSSR count). The van der Waals surface area contributed by atoms with E-state index in [0.29, 0.717) is 27.9 Å². The standard InChI is InChI=1S/C20H18ClN5O4S2/c1-11-7-13(12(2)26(11)16-9-15(21)5-6-17(16)30-3)8-14(10-22)18(27)23-19-24-20(25-31-19)32(4,28)29/h5-9H,1-4H3,(H,23,24,25,27). The summed E-state index contributed by atoms with van der Waals surface area (Å²) in [5.41, 5.74) is 2.79. The van der Waals surface area contributed by atoms with Gasteiger partial charge in [-0.05, 0) is 49.8 Å². The number of ether oxygens (including phenoxy) is 1. The number of benzene rings is 1. The number of halogens is 1. The second-order valence-corrected chi connectivity index (χ2v) is 9.85. The van der Waals surface area contributed by atoms with Crippen LogP contribution in [0.3, 0.4) is 0 Å². The third-order valence-corrected chi connectivity index (χ3v) is 6.30. The molecule has 0 aliphatic heterocycles. The highest BCUT2D eigenvalue weighted by molar-refractivity contribution is 7.90. The Kier molecular flexibility index (Phi) is 6.68. The number of anilines is 1. The van der Waals surface area contributed by atoms with Gasteiger partial charge in [0.1, 0.15) is 17.4 Å². The molecule has 166 valence electrons. The fourth-order valence-electron chi connectivity index (χ4n) is 3.02. The van der Waals surface area contributed by atoms with Gasteiger partial charge in [0.15, 0.2) is 0 Å². The van der Waals surface area contributed by atoms with Crippen molar-refractivity contribution in [2.45, 2.75) is 19.0 Å². The highest BCUT2D eigenvalue weighted by atomic mass is 35.5. The fraction of sp³-hybridized carbons (Fsp3) is 0.200. The van der Waals surface area contributed by atoms with Crippen molar-refractivity contribution >= 4 is 50.1 Å². The Balaban J connectivity index is 1.96. The zero-order valence-corrected chi connectivity index (χ0v) is 19.9. The molecule has 0 fully saturated rings. The lowest BCUT2D eigenvalue weighted by Crippen LogP contribution is -2.13. The summed E-state index contributed by atoms with van der Waals surface area (Å²) in [6, 6.07) is 8.94. The number of aromatic nitrogens is 3. The topological polar surface area (TPSA) is 127 Å². The van der Waals surface area contributed by atoms with E-state index in [-0.39, 0.29) is 15.9 Å². The van der Waals surface area contributed by atoms with Crippen LogP contribution in [0.15, 0.2) is 35.0 Å². The van der Waals surface area contributed by atoms with Crippen LogP contribution in [0, 0.1) is 25.2 Å². The zero-order valence-electron chi connectivity index (χ0n) is 17.5. The third kappa shape index (κ3) is 4.83. The maximum atomic E-state index is 12.6. The molecular formula is C20H18ClN5O4S2. The van der Waals surface area contributed by atoms with Crippen molar-refractivity contribution < 1.29 is 17.9 Å². The number of methoxy groups -OCH3 is 1. The van der Waals surface area contributed by atoms with Gasteiger partial charge in [-0.15, -0.1) is 0 Å². The minimum absolute atomic E-state index is 0.0225. The van der Waals surface area contributed by atoms with Crippen LogP contribution in [0.4, 0.5) is 5.13 Å². The number of aryl methyl sites for hydroxylation is 1. The van der Waals surface area contributed by atoms with Crippen molar-refractivity contribution in [3.8, 4) is 17.5 Å². The van der Waals surface area contributed by atoms with Gasteiger partial charge in [0, 0.05) is 34.2 Å². The van der Waals surface area contributed by atoms with E-state index in [1.165, 1.54) is 6.08 Å². The fourth-order valence-corrected chi connectivity index (χ4v) is 4.63. The van der Waals surface area contributed by atoms with E-state index in [4.69, 9.17) is 16.3 Å².